The lowest BCUT2D eigenvalue weighted by atomic mass is 10.0. The lowest BCUT2D eigenvalue weighted by Crippen LogP contribution is -2.09. The normalized spacial score (nSPS) is 11.4. The fourth-order valence-electron chi connectivity index (χ4n) is 1.85. The van der Waals surface area contributed by atoms with E-state index in [0.717, 1.165) is 12.1 Å². The van der Waals surface area contributed by atoms with Crippen LogP contribution >= 0.6 is 11.6 Å². The number of Topliss-reactive ketones (excluding diaryl/α,β-unsaturated/α-hetero) is 1. The number of ketones is 1. The molecule has 0 atom stereocenters. The van der Waals surface area contributed by atoms with Gasteiger partial charge in [-0.15, -0.1) is 0 Å². The average Bonchev–Trinajstić information content (AvgIpc) is 2.38. The molecule has 0 fully saturated rings. The first-order valence-corrected chi connectivity index (χ1v) is 6.51. The van der Waals surface area contributed by atoms with Gasteiger partial charge in [0.1, 0.15) is 10.9 Å². The lowest BCUT2D eigenvalue weighted by molar-refractivity contribution is -0.137. The third-order valence-electron chi connectivity index (χ3n) is 2.83. The quantitative estimate of drug-likeness (QED) is 0.795. The van der Waals surface area contributed by atoms with Crippen molar-refractivity contribution in [2.75, 3.05) is 0 Å². The van der Waals surface area contributed by atoms with Gasteiger partial charge in [0, 0.05) is 18.5 Å². The summed E-state index contributed by atoms with van der Waals surface area (Å²) in [5, 5.41) is 0.301. The molecule has 0 bridgehead atoms. The molecule has 1 aromatic carbocycles. The van der Waals surface area contributed by atoms with E-state index in [4.69, 9.17) is 11.6 Å². The molecule has 0 N–H and O–H groups in total. The number of hydrogen-bond acceptors (Lipinski definition) is 2. The van der Waals surface area contributed by atoms with Crippen LogP contribution in [0.15, 0.2) is 42.5 Å². The maximum absolute atomic E-state index is 12.4. The second-order valence-corrected chi connectivity index (χ2v) is 4.93. The van der Waals surface area contributed by atoms with Gasteiger partial charge in [-0.3, -0.25) is 4.79 Å². The van der Waals surface area contributed by atoms with Crippen LogP contribution in [-0.2, 0) is 23.8 Å². The Kier molecular flexibility index (Phi) is 4.63. The Bertz CT molecular complexity index is 638. The minimum atomic E-state index is -4.37. The van der Waals surface area contributed by atoms with Crippen LogP contribution in [0.25, 0.3) is 0 Å². The standard InChI is InChI=1S/C15H11ClF3NO/c16-14-3-1-2-12(20-14)9-13(21)8-10-4-6-11(7-5-10)15(17,18)19/h1-7H,8-9H2. The second kappa shape index (κ2) is 6.26. The average molecular weight is 314 g/mol. The van der Waals surface area contributed by atoms with Gasteiger partial charge in [-0.05, 0) is 29.8 Å². The highest BCUT2D eigenvalue weighted by Gasteiger charge is 2.29. The molecule has 21 heavy (non-hydrogen) atoms. The molecule has 0 unspecified atom stereocenters. The molecule has 110 valence electrons. The zero-order valence-electron chi connectivity index (χ0n) is 10.8. The van der Waals surface area contributed by atoms with Crippen LogP contribution in [0.4, 0.5) is 13.2 Å². The van der Waals surface area contributed by atoms with Gasteiger partial charge < -0.3 is 0 Å². The first-order valence-electron chi connectivity index (χ1n) is 6.14. The number of carbonyl (C=O) groups excluding carboxylic acids is 1. The van der Waals surface area contributed by atoms with E-state index in [1.807, 2.05) is 0 Å². The number of aromatic nitrogens is 1. The summed E-state index contributed by atoms with van der Waals surface area (Å²) in [5.41, 5.74) is 0.352. The minimum absolute atomic E-state index is 0.0618. The van der Waals surface area contributed by atoms with E-state index in [2.05, 4.69) is 4.98 Å². The first kappa shape index (κ1) is 15.5. The number of halogens is 4. The van der Waals surface area contributed by atoms with Crippen molar-refractivity contribution in [3.8, 4) is 0 Å². The predicted molar refractivity (Wildman–Crippen MR) is 73.1 cm³/mol. The molecule has 2 aromatic rings. The Morgan fingerprint density at radius 1 is 1.05 bits per heavy atom. The minimum Gasteiger partial charge on any atom is -0.299 e. The van der Waals surface area contributed by atoms with E-state index in [1.54, 1.807) is 18.2 Å². The summed E-state index contributed by atoms with van der Waals surface area (Å²) in [7, 11) is 0. The number of alkyl halides is 3. The number of rotatable bonds is 4. The predicted octanol–water partition coefficient (Wildman–Crippen LogP) is 4.11. The highest BCUT2D eigenvalue weighted by Crippen LogP contribution is 2.29. The van der Waals surface area contributed by atoms with Crippen LogP contribution in [0.3, 0.4) is 0 Å². The molecule has 0 aliphatic rings. The van der Waals surface area contributed by atoms with Crippen molar-refractivity contribution in [3.63, 3.8) is 0 Å². The summed E-state index contributed by atoms with van der Waals surface area (Å²) in [4.78, 5) is 15.9. The third-order valence-corrected chi connectivity index (χ3v) is 3.04. The van der Waals surface area contributed by atoms with Crippen molar-refractivity contribution >= 4 is 17.4 Å². The van der Waals surface area contributed by atoms with E-state index >= 15 is 0 Å². The van der Waals surface area contributed by atoms with Crippen molar-refractivity contribution < 1.29 is 18.0 Å². The molecule has 0 aliphatic carbocycles. The molecule has 2 nitrogen and oxygen atoms in total. The summed E-state index contributed by atoms with van der Waals surface area (Å²) in [6.45, 7) is 0. The maximum Gasteiger partial charge on any atom is 0.416 e. The maximum atomic E-state index is 12.4. The Labute approximate surface area is 124 Å². The first-order chi connectivity index (χ1) is 9.84. The number of benzene rings is 1. The topological polar surface area (TPSA) is 30.0 Å². The van der Waals surface area contributed by atoms with E-state index in [0.29, 0.717) is 16.4 Å². The van der Waals surface area contributed by atoms with Gasteiger partial charge in [0.15, 0.2) is 0 Å². The van der Waals surface area contributed by atoms with E-state index in [-0.39, 0.29) is 18.6 Å². The van der Waals surface area contributed by atoms with Gasteiger partial charge in [-0.1, -0.05) is 29.8 Å². The van der Waals surface area contributed by atoms with Crippen molar-refractivity contribution in [3.05, 3.63) is 64.4 Å². The Balaban J connectivity index is 2.00. The van der Waals surface area contributed by atoms with E-state index < -0.39 is 11.7 Å². The van der Waals surface area contributed by atoms with Gasteiger partial charge in [0.2, 0.25) is 0 Å². The Morgan fingerprint density at radius 2 is 1.71 bits per heavy atom. The summed E-state index contributed by atoms with van der Waals surface area (Å²) in [6.07, 6.45) is -4.21. The van der Waals surface area contributed by atoms with Crippen molar-refractivity contribution in [1.82, 2.24) is 4.98 Å². The van der Waals surface area contributed by atoms with Crippen LogP contribution in [0, 0.1) is 0 Å². The molecule has 0 radical (unpaired) electrons. The second-order valence-electron chi connectivity index (χ2n) is 4.54. The fourth-order valence-corrected chi connectivity index (χ4v) is 2.03. The SMILES string of the molecule is O=C(Cc1ccc(C(F)(F)F)cc1)Cc1cccc(Cl)n1. The molecule has 6 heteroatoms. The molecule has 0 aliphatic heterocycles. The Hall–Kier alpha value is -1.88. The molecule has 2 rings (SSSR count). The van der Waals surface area contributed by atoms with Crippen LogP contribution in [0.2, 0.25) is 5.15 Å². The number of nitrogens with zero attached hydrogens (tertiary/aromatic N) is 1. The van der Waals surface area contributed by atoms with Gasteiger partial charge in [0.05, 0.1) is 5.56 Å². The molecule has 1 aromatic heterocycles. The van der Waals surface area contributed by atoms with Crippen molar-refractivity contribution in [2.45, 2.75) is 19.0 Å². The summed E-state index contributed by atoms with van der Waals surface area (Å²) in [6, 6.07) is 9.54. The fraction of sp³-hybridized carbons (Fsp3) is 0.200. The van der Waals surface area contributed by atoms with Crippen LogP contribution in [0.5, 0.6) is 0 Å². The Morgan fingerprint density at radius 3 is 2.29 bits per heavy atom. The lowest BCUT2D eigenvalue weighted by Gasteiger charge is -2.07. The van der Waals surface area contributed by atoms with E-state index in [1.165, 1.54) is 12.1 Å². The zero-order chi connectivity index (χ0) is 15.5. The molecular formula is C15H11ClF3NO. The largest absolute Gasteiger partial charge is 0.416 e. The molecule has 0 amide bonds. The van der Waals surface area contributed by atoms with Crippen LogP contribution in [-0.4, -0.2) is 10.8 Å². The van der Waals surface area contributed by atoms with Gasteiger partial charge in [-0.2, -0.15) is 13.2 Å². The van der Waals surface area contributed by atoms with Crippen molar-refractivity contribution in [2.24, 2.45) is 0 Å². The number of carbonyl (C=O) groups is 1. The molecule has 0 saturated heterocycles. The van der Waals surface area contributed by atoms with E-state index in [9.17, 15) is 18.0 Å². The van der Waals surface area contributed by atoms with Gasteiger partial charge in [-0.25, -0.2) is 4.98 Å². The summed E-state index contributed by atoms with van der Waals surface area (Å²) < 4.78 is 37.3. The summed E-state index contributed by atoms with van der Waals surface area (Å²) in [5.74, 6) is -0.135. The highest BCUT2D eigenvalue weighted by molar-refractivity contribution is 6.29. The smallest absolute Gasteiger partial charge is 0.299 e. The third kappa shape index (κ3) is 4.56. The van der Waals surface area contributed by atoms with Crippen LogP contribution < -0.4 is 0 Å². The molecule has 1 heterocycles. The van der Waals surface area contributed by atoms with Crippen LogP contribution in [0.1, 0.15) is 16.8 Å². The monoisotopic (exact) mass is 313 g/mol. The van der Waals surface area contributed by atoms with Gasteiger partial charge >= 0.3 is 6.18 Å². The highest BCUT2D eigenvalue weighted by atomic mass is 35.5. The number of hydrogen-bond donors (Lipinski definition) is 0. The van der Waals surface area contributed by atoms with Crippen molar-refractivity contribution in [1.29, 1.82) is 0 Å². The summed E-state index contributed by atoms with van der Waals surface area (Å²) >= 11 is 5.72. The molecule has 0 spiro atoms. The molecular weight excluding hydrogens is 303 g/mol. The molecule has 0 saturated carbocycles. The zero-order valence-corrected chi connectivity index (χ0v) is 11.6. The number of pyridine rings is 1. The van der Waals surface area contributed by atoms with Gasteiger partial charge in [0.25, 0.3) is 0 Å².